The second-order valence-electron chi connectivity index (χ2n) is 12.1. The van der Waals surface area contributed by atoms with E-state index in [-0.39, 0.29) is 48.8 Å². The van der Waals surface area contributed by atoms with Crippen molar-refractivity contribution in [2.75, 3.05) is 66.1 Å². The van der Waals surface area contributed by atoms with Gasteiger partial charge in [-0.1, -0.05) is 68.4 Å². The molecule has 0 unspecified atom stereocenters. The summed E-state index contributed by atoms with van der Waals surface area (Å²) in [6.07, 6.45) is 0. The third kappa shape index (κ3) is 18.2. The number of aliphatic hydroxyl groups excluding tert-OH is 1. The average Bonchev–Trinajstić information content (AvgIpc) is 2.76. The van der Waals surface area contributed by atoms with Gasteiger partial charge < -0.3 is 35.3 Å². The molecule has 40 heavy (non-hydrogen) atoms. The summed E-state index contributed by atoms with van der Waals surface area (Å²) in [6, 6.07) is 3.95. The smallest absolute Gasteiger partial charge is 0.397 e. The predicted octanol–water partition coefficient (Wildman–Crippen LogP) is 4.31. The minimum Gasteiger partial charge on any atom is -0.508 e. The second kappa shape index (κ2) is 19.0. The topological polar surface area (TPSA) is 176 Å². The zero-order chi connectivity index (χ0) is 30.3. The first kappa shape index (κ1) is 40.8. The molecular formula is C28H55NO10S. The van der Waals surface area contributed by atoms with Crippen LogP contribution in [0.1, 0.15) is 79.0 Å². The van der Waals surface area contributed by atoms with Crippen LogP contribution in [-0.4, -0.2) is 89.3 Å². The van der Waals surface area contributed by atoms with E-state index in [0.717, 1.165) is 5.56 Å². The van der Waals surface area contributed by atoms with Crippen molar-refractivity contribution >= 4 is 10.4 Å². The minimum atomic E-state index is -4.39. The van der Waals surface area contributed by atoms with Gasteiger partial charge in [-0.25, -0.2) is 4.18 Å². The molecule has 0 saturated heterocycles. The molecule has 6 N–H and O–H groups in total. The number of benzene rings is 1. The van der Waals surface area contributed by atoms with Gasteiger partial charge in [-0.2, -0.15) is 8.42 Å². The molecular weight excluding hydrogens is 542 g/mol. The molecule has 0 saturated carbocycles. The third-order valence-electron chi connectivity index (χ3n) is 5.30. The van der Waals surface area contributed by atoms with Crippen molar-refractivity contribution in [1.82, 2.24) is 6.15 Å². The van der Waals surface area contributed by atoms with Crippen LogP contribution in [0.25, 0.3) is 0 Å². The normalized spacial score (nSPS) is 12.5. The molecule has 0 aliphatic carbocycles. The lowest BCUT2D eigenvalue weighted by molar-refractivity contribution is -0.00789. The second-order valence-corrected chi connectivity index (χ2v) is 13.1. The molecule has 0 spiro atoms. The number of aliphatic hydroxyl groups is 1. The standard InChI is InChI=1S/C18H30O.C10H22O9S.H3N/c1-16(2,3)12-10-11-13(19)15(18(7,8)9)14(12)17(4,5)6;11-1-2-15-3-4-16-5-6-17-7-8-18-9-10-19-20(12,13)14;/h10-11,19H,1-9H3;11H,1-10H2,(H,12,13,14);1H3. The van der Waals surface area contributed by atoms with E-state index in [1.165, 1.54) is 11.1 Å². The molecule has 0 aromatic heterocycles. The lowest BCUT2D eigenvalue weighted by Gasteiger charge is -2.36. The van der Waals surface area contributed by atoms with E-state index in [1.807, 2.05) is 6.07 Å². The van der Waals surface area contributed by atoms with Gasteiger partial charge in [-0.15, -0.1) is 0 Å². The molecule has 0 aliphatic heterocycles. The summed E-state index contributed by atoms with van der Waals surface area (Å²) in [7, 11) is -4.39. The van der Waals surface area contributed by atoms with Crippen molar-refractivity contribution in [2.45, 2.75) is 78.6 Å². The maximum atomic E-state index is 10.4. The summed E-state index contributed by atoms with van der Waals surface area (Å²) in [4.78, 5) is 0. The molecule has 12 heteroatoms. The highest BCUT2D eigenvalue weighted by Gasteiger charge is 2.33. The fourth-order valence-electron chi connectivity index (χ4n) is 3.78. The van der Waals surface area contributed by atoms with Gasteiger partial charge >= 0.3 is 10.4 Å². The number of rotatable bonds is 15. The van der Waals surface area contributed by atoms with Crippen LogP contribution >= 0.6 is 0 Å². The van der Waals surface area contributed by atoms with E-state index in [4.69, 9.17) is 28.6 Å². The van der Waals surface area contributed by atoms with Gasteiger partial charge in [0.2, 0.25) is 0 Å². The maximum Gasteiger partial charge on any atom is 0.397 e. The van der Waals surface area contributed by atoms with Crippen molar-refractivity contribution < 1.29 is 46.3 Å². The number of aromatic hydroxyl groups is 1. The van der Waals surface area contributed by atoms with Gasteiger partial charge in [0.15, 0.2) is 0 Å². The van der Waals surface area contributed by atoms with E-state index >= 15 is 0 Å². The van der Waals surface area contributed by atoms with Crippen LogP contribution in [0, 0.1) is 0 Å². The van der Waals surface area contributed by atoms with Crippen LogP contribution in [0.2, 0.25) is 0 Å². The van der Waals surface area contributed by atoms with E-state index in [2.05, 4.69) is 72.6 Å². The van der Waals surface area contributed by atoms with Crippen molar-refractivity contribution in [2.24, 2.45) is 0 Å². The van der Waals surface area contributed by atoms with Crippen LogP contribution in [0.4, 0.5) is 0 Å². The number of phenols is 1. The summed E-state index contributed by atoms with van der Waals surface area (Å²) in [5.41, 5.74) is 3.76. The lowest BCUT2D eigenvalue weighted by Crippen LogP contribution is -2.28. The zero-order valence-electron chi connectivity index (χ0n) is 26.0. The van der Waals surface area contributed by atoms with Crippen molar-refractivity contribution in [3.05, 3.63) is 28.8 Å². The SMILES string of the molecule is CC(C)(C)c1ccc(O)c(C(C)(C)C)c1C(C)(C)C.N.O=S(=O)(O)OCCOCCOCCOCCOCCO. The van der Waals surface area contributed by atoms with E-state index in [1.54, 1.807) is 0 Å². The minimum absolute atomic E-state index is 0. The third-order valence-corrected chi connectivity index (χ3v) is 5.77. The Kier molecular flexibility index (Phi) is 19.3. The maximum absolute atomic E-state index is 10.4. The van der Waals surface area contributed by atoms with Crippen LogP contribution in [0.3, 0.4) is 0 Å². The molecule has 0 atom stereocenters. The summed E-state index contributed by atoms with van der Waals surface area (Å²) >= 11 is 0. The Hall–Kier alpha value is -1.35. The quantitative estimate of drug-likeness (QED) is 0.167. The Morgan fingerprint density at radius 2 is 1.00 bits per heavy atom. The molecule has 0 bridgehead atoms. The Morgan fingerprint density at radius 3 is 1.32 bits per heavy atom. The Labute approximate surface area is 242 Å². The molecule has 11 nitrogen and oxygen atoms in total. The lowest BCUT2D eigenvalue weighted by atomic mass is 9.68. The fourth-order valence-corrected chi connectivity index (χ4v) is 4.06. The summed E-state index contributed by atoms with van der Waals surface area (Å²) in [5, 5.41) is 18.8. The molecule has 1 aromatic carbocycles. The molecule has 1 aromatic rings. The molecule has 0 radical (unpaired) electrons. The molecule has 0 amide bonds. The summed E-state index contributed by atoms with van der Waals surface area (Å²) in [6.45, 7) is 22.3. The zero-order valence-corrected chi connectivity index (χ0v) is 26.9. The molecule has 1 rings (SSSR count). The summed E-state index contributed by atoms with van der Waals surface area (Å²) in [5.74, 6) is 0.422. The first-order chi connectivity index (χ1) is 17.8. The largest absolute Gasteiger partial charge is 0.508 e. The highest BCUT2D eigenvalue weighted by molar-refractivity contribution is 7.80. The van der Waals surface area contributed by atoms with E-state index in [0.29, 0.717) is 45.4 Å². The van der Waals surface area contributed by atoms with Gasteiger partial charge in [0.1, 0.15) is 5.75 Å². The van der Waals surface area contributed by atoms with Gasteiger partial charge in [-0.3, -0.25) is 4.55 Å². The van der Waals surface area contributed by atoms with Gasteiger partial charge in [0, 0.05) is 5.56 Å². The number of hydrogen-bond acceptors (Lipinski definition) is 10. The van der Waals surface area contributed by atoms with Gasteiger partial charge in [0.25, 0.3) is 0 Å². The number of ether oxygens (including phenoxy) is 4. The summed E-state index contributed by atoms with van der Waals surface area (Å²) < 4.78 is 52.9. The van der Waals surface area contributed by atoms with Crippen LogP contribution in [0.15, 0.2) is 12.1 Å². The van der Waals surface area contributed by atoms with Crippen molar-refractivity contribution in [1.29, 1.82) is 0 Å². The molecule has 0 aliphatic rings. The van der Waals surface area contributed by atoms with Crippen LogP contribution in [0.5, 0.6) is 5.75 Å². The van der Waals surface area contributed by atoms with Crippen molar-refractivity contribution in [3.8, 4) is 5.75 Å². The Balaban J connectivity index is 0. The van der Waals surface area contributed by atoms with E-state index < -0.39 is 10.4 Å². The Bertz CT molecular complexity index is 917. The van der Waals surface area contributed by atoms with Crippen LogP contribution in [-0.2, 0) is 49.8 Å². The predicted molar refractivity (Wildman–Crippen MR) is 157 cm³/mol. The first-order valence-corrected chi connectivity index (χ1v) is 14.6. The molecule has 0 heterocycles. The monoisotopic (exact) mass is 597 g/mol. The molecule has 0 fully saturated rings. The number of hydrogen-bond donors (Lipinski definition) is 4. The number of phenolic OH excluding ortho intramolecular Hbond substituents is 1. The van der Waals surface area contributed by atoms with Gasteiger partial charge in [-0.05, 0) is 33.4 Å². The Morgan fingerprint density at radius 1 is 0.625 bits per heavy atom. The highest BCUT2D eigenvalue weighted by Crippen LogP contribution is 2.44. The van der Waals surface area contributed by atoms with Crippen LogP contribution < -0.4 is 6.15 Å². The first-order valence-electron chi connectivity index (χ1n) is 13.2. The average molecular weight is 598 g/mol. The highest BCUT2D eigenvalue weighted by atomic mass is 32.3. The van der Waals surface area contributed by atoms with E-state index in [9.17, 15) is 13.5 Å². The van der Waals surface area contributed by atoms with Gasteiger partial charge in [0.05, 0.1) is 66.1 Å². The molecule has 238 valence electrons. The fraction of sp³-hybridized carbons (Fsp3) is 0.786. The van der Waals surface area contributed by atoms with Crippen molar-refractivity contribution in [3.63, 3.8) is 0 Å².